The zero-order chi connectivity index (χ0) is 17.1. The number of aromatic nitrogens is 3. The predicted molar refractivity (Wildman–Crippen MR) is 91.5 cm³/mol. The molecule has 0 aliphatic heterocycles. The van der Waals surface area contributed by atoms with Gasteiger partial charge in [-0.2, -0.15) is 5.10 Å². The van der Waals surface area contributed by atoms with Crippen LogP contribution in [-0.2, 0) is 0 Å². The van der Waals surface area contributed by atoms with Gasteiger partial charge in [-0.1, -0.05) is 12.1 Å². The Balaban J connectivity index is 1.61. The van der Waals surface area contributed by atoms with Crippen molar-refractivity contribution in [2.75, 3.05) is 13.2 Å². The molecule has 0 aliphatic rings. The second-order valence-corrected chi connectivity index (χ2v) is 5.75. The Morgan fingerprint density at radius 3 is 2.88 bits per heavy atom. The van der Waals surface area contributed by atoms with E-state index >= 15 is 0 Å². The first kappa shape index (κ1) is 16.0. The highest BCUT2D eigenvalue weighted by atomic mass is 16.5. The fourth-order valence-electron chi connectivity index (χ4n) is 2.56. The van der Waals surface area contributed by atoms with E-state index < -0.39 is 0 Å². The topological polar surface area (TPSA) is 68.5 Å². The van der Waals surface area contributed by atoms with Crippen LogP contribution in [-0.4, -0.2) is 33.7 Å². The highest BCUT2D eigenvalue weighted by Gasteiger charge is 2.15. The van der Waals surface area contributed by atoms with Gasteiger partial charge in [0.25, 0.3) is 5.91 Å². The number of carbonyl (C=O) groups excluding carboxylic acids is 1. The third-order valence-electron chi connectivity index (χ3n) is 3.67. The van der Waals surface area contributed by atoms with E-state index in [1.54, 1.807) is 10.7 Å². The first-order valence-corrected chi connectivity index (χ1v) is 7.84. The molecule has 1 aromatic carbocycles. The van der Waals surface area contributed by atoms with Crippen LogP contribution in [0.15, 0.2) is 36.5 Å². The predicted octanol–water partition coefficient (Wildman–Crippen LogP) is 2.46. The van der Waals surface area contributed by atoms with Gasteiger partial charge in [0.15, 0.2) is 5.65 Å². The van der Waals surface area contributed by atoms with Crippen LogP contribution >= 0.6 is 0 Å². The quantitative estimate of drug-likeness (QED) is 0.732. The van der Waals surface area contributed by atoms with Gasteiger partial charge in [-0.3, -0.25) is 4.79 Å². The van der Waals surface area contributed by atoms with Crippen LogP contribution in [0.5, 0.6) is 5.75 Å². The van der Waals surface area contributed by atoms with E-state index in [0.29, 0.717) is 24.4 Å². The van der Waals surface area contributed by atoms with E-state index in [1.165, 1.54) is 0 Å². The Morgan fingerprint density at radius 1 is 1.25 bits per heavy atom. The molecular formula is C18H20N4O2. The lowest BCUT2D eigenvalue weighted by atomic mass is 10.2. The summed E-state index contributed by atoms with van der Waals surface area (Å²) in [6.07, 6.45) is 1.55. The van der Waals surface area contributed by atoms with E-state index in [9.17, 15) is 4.79 Å². The van der Waals surface area contributed by atoms with Crippen LogP contribution in [0.2, 0.25) is 0 Å². The Kier molecular flexibility index (Phi) is 4.46. The van der Waals surface area contributed by atoms with E-state index in [0.717, 1.165) is 22.7 Å². The molecule has 0 bridgehead atoms. The van der Waals surface area contributed by atoms with Crippen molar-refractivity contribution in [2.45, 2.75) is 20.8 Å². The molecule has 0 saturated carbocycles. The zero-order valence-corrected chi connectivity index (χ0v) is 14.0. The van der Waals surface area contributed by atoms with Crippen molar-refractivity contribution in [3.8, 4) is 5.75 Å². The summed E-state index contributed by atoms with van der Waals surface area (Å²) in [7, 11) is 0. The van der Waals surface area contributed by atoms with Gasteiger partial charge in [0.1, 0.15) is 17.9 Å². The first-order chi connectivity index (χ1) is 11.5. The van der Waals surface area contributed by atoms with E-state index in [2.05, 4.69) is 15.4 Å². The van der Waals surface area contributed by atoms with Gasteiger partial charge in [-0.25, -0.2) is 9.50 Å². The van der Waals surface area contributed by atoms with E-state index in [1.807, 2.05) is 51.1 Å². The molecule has 3 aromatic rings. The second kappa shape index (κ2) is 6.70. The summed E-state index contributed by atoms with van der Waals surface area (Å²) in [5.41, 5.74) is 3.98. The number of nitrogens with zero attached hydrogens (tertiary/aromatic N) is 3. The normalized spacial score (nSPS) is 10.8. The molecule has 1 amide bonds. The molecule has 0 aliphatic carbocycles. The number of fused-ring (bicyclic) bond motifs is 1. The average Bonchev–Trinajstić information content (AvgIpc) is 2.95. The molecule has 0 fully saturated rings. The summed E-state index contributed by atoms with van der Waals surface area (Å²) >= 11 is 0. The molecule has 6 nitrogen and oxygen atoms in total. The van der Waals surface area contributed by atoms with Crippen molar-refractivity contribution in [3.63, 3.8) is 0 Å². The van der Waals surface area contributed by atoms with Crippen molar-refractivity contribution in [1.29, 1.82) is 0 Å². The smallest absolute Gasteiger partial charge is 0.256 e. The molecule has 24 heavy (non-hydrogen) atoms. The molecule has 124 valence electrons. The van der Waals surface area contributed by atoms with Gasteiger partial charge in [0, 0.05) is 11.4 Å². The molecule has 2 heterocycles. The summed E-state index contributed by atoms with van der Waals surface area (Å²) < 4.78 is 7.30. The van der Waals surface area contributed by atoms with Crippen molar-refractivity contribution >= 4 is 11.6 Å². The number of amides is 1. The summed E-state index contributed by atoms with van der Waals surface area (Å²) in [5.74, 6) is 0.600. The van der Waals surface area contributed by atoms with Gasteiger partial charge in [-0.05, 0) is 44.5 Å². The average molecular weight is 324 g/mol. The lowest BCUT2D eigenvalue weighted by Crippen LogP contribution is -2.28. The number of carbonyl (C=O) groups is 1. The van der Waals surface area contributed by atoms with Crippen molar-refractivity contribution in [1.82, 2.24) is 19.9 Å². The molecule has 0 radical (unpaired) electrons. The molecule has 0 atom stereocenters. The minimum absolute atomic E-state index is 0.199. The molecule has 2 aromatic heterocycles. The summed E-state index contributed by atoms with van der Waals surface area (Å²) in [6, 6.07) is 9.74. The second-order valence-electron chi connectivity index (χ2n) is 5.75. The maximum Gasteiger partial charge on any atom is 0.256 e. The zero-order valence-electron chi connectivity index (χ0n) is 14.0. The Labute approximate surface area is 140 Å². The van der Waals surface area contributed by atoms with Crippen molar-refractivity contribution in [2.24, 2.45) is 0 Å². The first-order valence-electron chi connectivity index (χ1n) is 7.84. The van der Waals surface area contributed by atoms with Gasteiger partial charge < -0.3 is 10.1 Å². The van der Waals surface area contributed by atoms with Crippen molar-refractivity contribution < 1.29 is 9.53 Å². The highest BCUT2D eigenvalue weighted by Crippen LogP contribution is 2.13. The number of benzene rings is 1. The molecule has 1 N–H and O–H groups in total. The Hall–Kier alpha value is -2.89. The minimum Gasteiger partial charge on any atom is -0.492 e. The summed E-state index contributed by atoms with van der Waals surface area (Å²) in [6.45, 7) is 6.66. The number of hydrogen-bond donors (Lipinski definition) is 1. The number of ether oxygens (including phenoxy) is 1. The van der Waals surface area contributed by atoms with Gasteiger partial charge >= 0.3 is 0 Å². The van der Waals surface area contributed by atoms with E-state index in [-0.39, 0.29) is 5.91 Å². The van der Waals surface area contributed by atoms with Crippen molar-refractivity contribution in [3.05, 3.63) is 59.0 Å². The monoisotopic (exact) mass is 324 g/mol. The van der Waals surface area contributed by atoms with Crippen LogP contribution in [0.4, 0.5) is 0 Å². The number of aryl methyl sites for hydroxylation is 3. The summed E-state index contributed by atoms with van der Waals surface area (Å²) in [5, 5.41) is 7.07. The molecule has 0 spiro atoms. The third-order valence-corrected chi connectivity index (χ3v) is 3.67. The lowest BCUT2D eigenvalue weighted by molar-refractivity contribution is 0.0948. The maximum atomic E-state index is 12.3. The van der Waals surface area contributed by atoms with E-state index in [4.69, 9.17) is 4.74 Å². The van der Waals surface area contributed by atoms with Crippen LogP contribution in [0, 0.1) is 20.8 Å². The Morgan fingerprint density at radius 2 is 2.08 bits per heavy atom. The number of hydrogen-bond acceptors (Lipinski definition) is 4. The van der Waals surface area contributed by atoms with Crippen LogP contribution in [0.25, 0.3) is 5.65 Å². The fraction of sp³-hybridized carbons (Fsp3) is 0.278. The third kappa shape index (κ3) is 3.37. The molecule has 0 unspecified atom stereocenters. The fourth-order valence-corrected chi connectivity index (χ4v) is 2.56. The molecule has 3 rings (SSSR count). The van der Waals surface area contributed by atoms with Crippen LogP contribution < -0.4 is 10.1 Å². The standard InChI is InChI=1S/C18H20N4O2/c1-12-5-4-6-15(9-12)24-8-7-19-18(23)16-11-20-22-14(3)10-13(2)21-17(16)22/h4-6,9-11H,7-8H2,1-3H3,(H,19,23). The van der Waals surface area contributed by atoms with Gasteiger partial charge in [-0.15, -0.1) is 0 Å². The minimum atomic E-state index is -0.199. The SMILES string of the molecule is Cc1cccc(OCCNC(=O)c2cnn3c(C)cc(C)nc23)c1. The van der Waals surface area contributed by atoms with Crippen LogP contribution in [0.3, 0.4) is 0 Å². The van der Waals surface area contributed by atoms with Crippen LogP contribution in [0.1, 0.15) is 27.3 Å². The summed E-state index contributed by atoms with van der Waals surface area (Å²) in [4.78, 5) is 16.8. The Bertz CT molecular complexity index is 886. The highest BCUT2D eigenvalue weighted by molar-refractivity contribution is 5.99. The molecule has 6 heteroatoms. The maximum absolute atomic E-state index is 12.3. The number of nitrogens with one attached hydrogen (secondary N) is 1. The lowest BCUT2D eigenvalue weighted by Gasteiger charge is -2.08. The molecule has 0 saturated heterocycles. The molecular weight excluding hydrogens is 304 g/mol. The van der Waals surface area contributed by atoms with Gasteiger partial charge in [0.05, 0.1) is 12.7 Å². The van der Waals surface area contributed by atoms with Gasteiger partial charge in [0.2, 0.25) is 0 Å². The largest absolute Gasteiger partial charge is 0.492 e. The number of rotatable bonds is 5.